The van der Waals surface area contributed by atoms with Crippen LogP contribution in [0.1, 0.15) is 5.56 Å². The van der Waals surface area contributed by atoms with Gasteiger partial charge >= 0.3 is 0 Å². The number of halogens is 1. The molecule has 10 heteroatoms. The number of nitrogens with one attached hydrogen (secondary N) is 1. The first-order valence-corrected chi connectivity index (χ1v) is 10.3. The van der Waals surface area contributed by atoms with Crippen molar-refractivity contribution in [2.45, 2.75) is 11.6 Å². The molecule has 0 atom stereocenters. The highest BCUT2D eigenvalue weighted by Gasteiger charge is 2.18. The number of aromatic nitrogens is 2. The van der Waals surface area contributed by atoms with Gasteiger partial charge in [-0.05, 0) is 36.2 Å². The van der Waals surface area contributed by atoms with Crippen LogP contribution in [0.25, 0.3) is 11.5 Å². The minimum atomic E-state index is -0.283. The molecule has 0 fully saturated rings. The van der Waals surface area contributed by atoms with Crippen LogP contribution in [0.4, 0.5) is 4.39 Å². The minimum Gasteiger partial charge on any atom is -0.493 e. The Morgan fingerprint density at radius 2 is 1.74 bits per heavy atom. The third kappa shape index (κ3) is 5.88. The largest absolute Gasteiger partial charge is 0.493 e. The van der Waals surface area contributed by atoms with Crippen LogP contribution in [0.2, 0.25) is 0 Å². The van der Waals surface area contributed by atoms with E-state index in [0.29, 0.717) is 35.8 Å². The van der Waals surface area contributed by atoms with Crippen LogP contribution in [-0.2, 0) is 11.2 Å². The van der Waals surface area contributed by atoms with Crippen molar-refractivity contribution in [3.8, 4) is 28.7 Å². The van der Waals surface area contributed by atoms with Crippen LogP contribution in [0.3, 0.4) is 0 Å². The van der Waals surface area contributed by atoms with E-state index in [1.807, 2.05) is 0 Å². The lowest BCUT2D eigenvalue weighted by molar-refractivity contribution is -0.118. The molecule has 0 saturated heterocycles. The second kappa shape index (κ2) is 10.7. The summed E-state index contributed by atoms with van der Waals surface area (Å²) in [5.41, 5.74) is 1.54. The fourth-order valence-corrected chi connectivity index (χ4v) is 3.36. The summed E-state index contributed by atoms with van der Waals surface area (Å²) < 4.78 is 34.5. The number of rotatable bonds is 10. The van der Waals surface area contributed by atoms with Crippen LogP contribution in [0.15, 0.2) is 46.0 Å². The Kier molecular flexibility index (Phi) is 7.71. The molecule has 1 heterocycles. The average Bonchev–Trinajstić information content (AvgIpc) is 3.27. The molecular formula is C21H22FN3O5S. The summed E-state index contributed by atoms with van der Waals surface area (Å²) in [6.07, 6.45) is 0.614. The molecule has 1 amide bonds. The first-order chi connectivity index (χ1) is 15.0. The Bertz CT molecular complexity index is 1000. The number of methoxy groups -OCH3 is 3. The Morgan fingerprint density at radius 3 is 2.35 bits per heavy atom. The van der Waals surface area contributed by atoms with E-state index in [2.05, 4.69) is 15.5 Å². The maximum absolute atomic E-state index is 12.9. The molecule has 164 valence electrons. The average molecular weight is 447 g/mol. The SMILES string of the molecule is COc1cc(-c2nnc(SCC(=O)NCCc3ccc(F)cc3)o2)cc(OC)c1OC. The van der Waals surface area contributed by atoms with Crippen molar-refractivity contribution in [1.29, 1.82) is 0 Å². The van der Waals surface area contributed by atoms with Gasteiger partial charge in [0.1, 0.15) is 5.82 Å². The number of amides is 1. The van der Waals surface area contributed by atoms with E-state index in [-0.39, 0.29) is 28.6 Å². The van der Waals surface area contributed by atoms with E-state index in [1.165, 1.54) is 33.5 Å². The number of ether oxygens (including phenoxy) is 3. The predicted molar refractivity (Wildman–Crippen MR) is 113 cm³/mol. The van der Waals surface area contributed by atoms with Crippen LogP contribution in [0, 0.1) is 5.82 Å². The number of carbonyl (C=O) groups excluding carboxylic acids is 1. The van der Waals surface area contributed by atoms with Gasteiger partial charge in [0.2, 0.25) is 17.5 Å². The molecule has 31 heavy (non-hydrogen) atoms. The lowest BCUT2D eigenvalue weighted by Crippen LogP contribution is -2.27. The van der Waals surface area contributed by atoms with E-state index >= 15 is 0 Å². The molecule has 3 rings (SSSR count). The summed E-state index contributed by atoms with van der Waals surface area (Å²) in [4.78, 5) is 12.0. The zero-order valence-corrected chi connectivity index (χ0v) is 18.1. The van der Waals surface area contributed by atoms with Crippen molar-refractivity contribution in [2.24, 2.45) is 0 Å². The third-order valence-corrected chi connectivity index (χ3v) is 5.11. The summed E-state index contributed by atoms with van der Waals surface area (Å²) >= 11 is 1.13. The molecule has 3 aromatic rings. The van der Waals surface area contributed by atoms with E-state index in [9.17, 15) is 9.18 Å². The highest BCUT2D eigenvalue weighted by Crippen LogP contribution is 2.41. The van der Waals surface area contributed by atoms with E-state index in [4.69, 9.17) is 18.6 Å². The topological polar surface area (TPSA) is 95.7 Å². The lowest BCUT2D eigenvalue weighted by Gasteiger charge is -2.12. The molecule has 1 N–H and O–H groups in total. The Hall–Kier alpha value is -3.27. The molecule has 0 aliphatic rings. The fourth-order valence-electron chi connectivity index (χ4n) is 2.76. The van der Waals surface area contributed by atoms with Crippen molar-refractivity contribution < 1.29 is 27.8 Å². The van der Waals surface area contributed by atoms with Gasteiger partial charge < -0.3 is 23.9 Å². The van der Waals surface area contributed by atoms with Gasteiger partial charge in [0, 0.05) is 12.1 Å². The summed E-state index contributed by atoms with van der Waals surface area (Å²) in [7, 11) is 4.56. The van der Waals surface area contributed by atoms with Gasteiger partial charge in [-0.15, -0.1) is 10.2 Å². The molecule has 0 unspecified atom stereocenters. The summed E-state index contributed by atoms with van der Waals surface area (Å²) in [6.45, 7) is 0.450. The van der Waals surface area contributed by atoms with Crippen molar-refractivity contribution in [2.75, 3.05) is 33.6 Å². The number of thioether (sulfide) groups is 1. The first kappa shape index (κ1) is 22.4. The van der Waals surface area contributed by atoms with Crippen LogP contribution in [0.5, 0.6) is 17.2 Å². The van der Waals surface area contributed by atoms with Crippen LogP contribution >= 0.6 is 11.8 Å². The zero-order chi connectivity index (χ0) is 22.2. The van der Waals surface area contributed by atoms with Crippen molar-refractivity contribution in [1.82, 2.24) is 15.5 Å². The van der Waals surface area contributed by atoms with Gasteiger partial charge in [0.25, 0.3) is 5.22 Å². The predicted octanol–water partition coefficient (Wildman–Crippen LogP) is 3.35. The summed E-state index contributed by atoms with van der Waals surface area (Å²) in [5.74, 6) is 1.32. The summed E-state index contributed by atoms with van der Waals surface area (Å²) in [6, 6.07) is 9.58. The van der Waals surface area contributed by atoms with Crippen LogP contribution < -0.4 is 19.5 Å². The van der Waals surface area contributed by atoms with Crippen LogP contribution in [-0.4, -0.2) is 49.7 Å². The molecule has 0 spiro atoms. The summed E-state index contributed by atoms with van der Waals surface area (Å²) in [5, 5.41) is 11.1. The fraction of sp³-hybridized carbons (Fsp3) is 0.286. The molecule has 0 aliphatic heterocycles. The smallest absolute Gasteiger partial charge is 0.277 e. The molecule has 8 nitrogen and oxygen atoms in total. The molecule has 1 aromatic heterocycles. The number of benzene rings is 2. The van der Waals surface area contributed by atoms with Gasteiger partial charge in [0.15, 0.2) is 11.5 Å². The van der Waals surface area contributed by atoms with Crippen molar-refractivity contribution in [3.05, 3.63) is 47.8 Å². The quantitative estimate of drug-likeness (QED) is 0.473. The van der Waals surface area contributed by atoms with Crippen molar-refractivity contribution >= 4 is 17.7 Å². The lowest BCUT2D eigenvalue weighted by atomic mass is 10.1. The highest BCUT2D eigenvalue weighted by molar-refractivity contribution is 7.99. The third-order valence-electron chi connectivity index (χ3n) is 4.29. The first-order valence-electron chi connectivity index (χ1n) is 9.32. The van der Waals surface area contributed by atoms with Gasteiger partial charge in [-0.2, -0.15) is 0 Å². The maximum Gasteiger partial charge on any atom is 0.277 e. The van der Waals surface area contributed by atoms with E-state index < -0.39 is 0 Å². The Balaban J connectivity index is 1.55. The number of hydrogen-bond donors (Lipinski definition) is 1. The van der Waals surface area contributed by atoms with E-state index in [1.54, 1.807) is 24.3 Å². The zero-order valence-electron chi connectivity index (χ0n) is 17.3. The second-order valence-corrected chi connectivity index (χ2v) is 7.23. The molecular weight excluding hydrogens is 425 g/mol. The number of hydrogen-bond acceptors (Lipinski definition) is 8. The van der Waals surface area contributed by atoms with Gasteiger partial charge in [0.05, 0.1) is 27.1 Å². The van der Waals surface area contributed by atoms with Gasteiger partial charge in [-0.1, -0.05) is 23.9 Å². The maximum atomic E-state index is 12.9. The molecule has 2 aromatic carbocycles. The van der Waals surface area contributed by atoms with Gasteiger partial charge in [-0.3, -0.25) is 4.79 Å². The monoisotopic (exact) mass is 447 g/mol. The normalized spacial score (nSPS) is 10.6. The molecule has 0 radical (unpaired) electrons. The molecule has 0 aliphatic carbocycles. The molecule has 0 bridgehead atoms. The number of nitrogens with zero attached hydrogens (tertiary/aromatic N) is 2. The second-order valence-electron chi connectivity index (χ2n) is 6.30. The Morgan fingerprint density at radius 1 is 1.06 bits per heavy atom. The molecule has 0 saturated carbocycles. The Labute approximate surface area is 183 Å². The van der Waals surface area contributed by atoms with Gasteiger partial charge in [-0.25, -0.2) is 4.39 Å². The van der Waals surface area contributed by atoms with E-state index in [0.717, 1.165) is 17.3 Å². The van der Waals surface area contributed by atoms with Crippen molar-refractivity contribution in [3.63, 3.8) is 0 Å². The minimum absolute atomic E-state index is 0.125. The number of carbonyl (C=O) groups is 1. The standard InChI is InChI=1S/C21H22FN3O5S/c1-27-16-10-14(11-17(28-2)19(16)29-3)20-24-25-21(30-20)31-12-18(26)23-9-8-13-4-6-15(22)7-5-13/h4-7,10-11H,8-9,12H2,1-3H3,(H,23,26). The highest BCUT2D eigenvalue weighted by atomic mass is 32.2.